The first kappa shape index (κ1) is 18.3. The van der Waals surface area contributed by atoms with E-state index in [-0.39, 0.29) is 18.3 Å². The number of nitrogens with one attached hydrogen (secondary N) is 1. The largest absolute Gasteiger partial charge is 0.484 e. The molecule has 26 heavy (non-hydrogen) atoms. The van der Waals surface area contributed by atoms with Crippen molar-refractivity contribution in [2.24, 2.45) is 0 Å². The van der Waals surface area contributed by atoms with Crippen molar-refractivity contribution in [3.63, 3.8) is 0 Å². The lowest BCUT2D eigenvalue weighted by atomic mass is 10.2. The van der Waals surface area contributed by atoms with Gasteiger partial charge in [-0.05, 0) is 48.9 Å². The van der Waals surface area contributed by atoms with E-state index < -0.39 is 0 Å². The molecule has 0 aliphatic rings. The Labute approximate surface area is 159 Å². The molecule has 6 nitrogen and oxygen atoms in total. The molecule has 2 aromatic carbocycles. The van der Waals surface area contributed by atoms with Gasteiger partial charge in [0.1, 0.15) is 5.75 Å². The van der Waals surface area contributed by atoms with Crippen molar-refractivity contribution in [2.45, 2.75) is 18.8 Å². The third kappa shape index (κ3) is 5.50. The number of amides is 1. The topological polar surface area (TPSA) is 77.2 Å². The molecule has 0 saturated heterocycles. The zero-order valence-electron chi connectivity index (χ0n) is 13.9. The number of benzene rings is 2. The van der Waals surface area contributed by atoms with Crippen LogP contribution in [0.5, 0.6) is 5.75 Å². The molecular weight excluding hydrogens is 374 g/mol. The highest BCUT2D eigenvalue weighted by molar-refractivity contribution is 7.99. The minimum absolute atomic E-state index is 0.156. The summed E-state index contributed by atoms with van der Waals surface area (Å²) in [6.07, 6.45) is 0. The highest BCUT2D eigenvalue weighted by Crippen LogP contribution is 2.19. The average molecular weight is 390 g/mol. The number of nitrogens with zero attached hydrogens (tertiary/aromatic N) is 2. The molecule has 8 heteroatoms. The molecule has 0 unspecified atom stereocenters. The quantitative estimate of drug-likeness (QED) is 0.605. The van der Waals surface area contributed by atoms with Crippen LogP contribution in [0, 0.1) is 6.92 Å². The van der Waals surface area contributed by atoms with Crippen molar-refractivity contribution in [2.75, 3.05) is 11.1 Å². The molecule has 1 aromatic heterocycles. The average Bonchev–Trinajstić information content (AvgIpc) is 3.08. The van der Waals surface area contributed by atoms with Gasteiger partial charge in [-0.3, -0.25) is 4.79 Å². The summed E-state index contributed by atoms with van der Waals surface area (Å²) < 4.78 is 11.1. The summed E-state index contributed by atoms with van der Waals surface area (Å²) in [7, 11) is 0. The van der Waals surface area contributed by atoms with Crippen LogP contribution >= 0.6 is 23.4 Å². The summed E-state index contributed by atoms with van der Waals surface area (Å²) >= 11 is 6.97. The molecule has 1 amide bonds. The summed E-state index contributed by atoms with van der Waals surface area (Å²) in [6.45, 7) is 2.16. The van der Waals surface area contributed by atoms with E-state index in [0.717, 1.165) is 23.1 Å². The Morgan fingerprint density at radius 1 is 1.23 bits per heavy atom. The van der Waals surface area contributed by atoms with Crippen LogP contribution in [0.25, 0.3) is 0 Å². The van der Waals surface area contributed by atoms with E-state index in [1.807, 2.05) is 31.2 Å². The molecule has 0 fully saturated rings. The number of rotatable bonds is 7. The third-order valence-electron chi connectivity index (χ3n) is 3.25. The normalized spacial score (nSPS) is 10.5. The summed E-state index contributed by atoms with van der Waals surface area (Å²) in [5.41, 5.74) is 1.79. The maximum absolute atomic E-state index is 11.9. The van der Waals surface area contributed by atoms with E-state index in [9.17, 15) is 4.79 Å². The predicted molar refractivity (Wildman–Crippen MR) is 101 cm³/mol. The van der Waals surface area contributed by atoms with E-state index in [1.54, 1.807) is 24.3 Å². The fraction of sp³-hybridized carbons (Fsp3) is 0.167. The Bertz CT molecular complexity index is 883. The molecule has 0 spiro atoms. The van der Waals surface area contributed by atoms with Crippen LogP contribution in [0.2, 0.25) is 5.02 Å². The van der Waals surface area contributed by atoms with Gasteiger partial charge in [-0.15, -0.1) is 10.2 Å². The fourth-order valence-corrected chi connectivity index (χ4v) is 2.77. The van der Waals surface area contributed by atoms with Gasteiger partial charge < -0.3 is 14.5 Å². The van der Waals surface area contributed by atoms with Crippen molar-refractivity contribution < 1.29 is 13.9 Å². The van der Waals surface area contributed by atoms with Crippen molar-refractivity contribution in [1.29, 1.82) is 0 Å². The first-order valence-corrected chi connectivity index (χ1v) is 9.15. The van der Waals surface area contributed by atoms with Crippen LogP contribution < -0.4 is 10.1 Å². The van der Waals surface area contributed by atoms with E-state index in [2.05, 4.69) is 15.5 Å². The summed E-state index contributed by atoms with van der Waals surface area (Å²) in [5, 5.41) is 11.5. The second-order valence-electron chi connectivity index (χ2n) is 5.41. The van der Waals surface area contributed by atoms with Gasteiger partial charge in [-0.25, -0.2) is 0 Å². The molecule has 0 aliphatic heterocycles. The lowest BCUT2D eigenvalue weighted by Gasteiger charge is -2.04. The van der Waals surface area contributed by atoms with Gasteiger partial charge in [0.05, 0.1) is 5.75 Å². The second kappa shape index (κ2) is 8.73. The van der Waals surface area contributed by atoms with Crippen molar-refractivity contribution in [1.82, 2.24) is 10.2 Å². The number of hydrogen-bond donors (Lipinski definition) is 1. The van der Waals surface area contributed by atoms with E-state index >= 15 is 0 Å². The lowest BCUT2D eigenvalue weighted by Crippen LogP contribution is -2.13. The maximum Gasteiger partial charge on any atom is 0.277 e. The smallest absolute Gasteiger partial charge is 0.277 e. The Hall–Kier alpha value is -2.51. The molecule has 0 radical (unpaired) electrons. The van der Waals surface area contributed by atoms with Gasteiger partial charge in [0.15, 0.2) is 6.61 Å². The number of thioether (sulfide) groups is 1. The van der Waals surface area contributed by atoms with E-state index in [4.69, 9.17) is 20.8 Å². The second-order valence-corrected chi connectivity index (χ2v) is 6.77. The molecule has 0 aliphatic carbocycles. The van der Waals surface area contributed by atoms with Crippen LogP contribution in [0.15, 0.2) is 58.2 Å². The number of halogens is 1. The zero-order valence-corrected chi connectivity index (χ0v) is 15.5. The van der Waals surface area contributed by atoms with E-state index in [1.165, 1.54) is 0 Å². The van der Waals surface area contributed by atoms with Gasteiger partial charge in [0, 0.05) is 10.7 Å². The number of aromatic nitrogens is 2. The predicted octanol–water partition coefficient (Wildman–Crippen LogP) is 4.34. The molecule has 0 atom stereocenters. The fourth-order valence-electron chi connectivity index (χ4n) is 2.06. The zero-order chi connectivity index (χ0) is 18.4. The summed E-state index contributed by atoms with van der Waals surface area (Å²) in [6, 6.07) is 14.6. The van der Waals surface area contributed by atoms with Gasteiger partial charge >= 0.3 is 0 Å². The summed E-state index contributed by atoms with van der Waals surface area (Å²) in [5.74, 6) is 1.07. The van der Waals surface area contributed by atoms with Crippen molar-refractivity contribution in [3.05, 3.63) is 65.0 Å². The Morgan fingerprint density at radius 2 is 2.04 bits per heavy atom. The van der Waals surface area contributed by atoms with Crippen LogP contribution in [-0.4, -0.2) is 21.9 Å². The number of aryl methyl sites for hydroxylation is 1. The van der Waals surface area contributed by atoms with Crippen molar-refractivity contribution in [3.8, 4) is 5.75 Å². The first-order chi connectivity index (χ1) is 12.6. The number of ether oxygens (including phenoxy) is 1. The monoisotopic (exact) mass is 389 g/mol. The van der Waals surface area contributed by atoms with Crippen LogP contribution in [0.3, 0.4) is 0 Å². The molecule has 0 bridgehead atoms. The number of carbonyl (C=O) groups excluding carboxylic acids is 1. The highest BCUT2D eigenvalue weighted by atomic mass is 35.5. The van der Waals surface area contributed by atoms with Gasteiger partial charge in [-0.2, -0.15) is 0 Å². The lowest BCUT2D eigenvalue weighted by molar-refractivity contribution is -0.113. The van der Waals surface area contributed by atoms with E-state index in [0.29, 0.717) is 21.8 Å². The van der Waals surface area contributed by atoms with Gasteiger partial charge in [0.25, 0.3) is 11.1 Å². The molecule has 1 heterocycles. The Morgan fingerprint density at radius 3 is 2.81 bits per heavy atom. The third-order valence-corrected chi connectivity index (χ3v) is 4.33. The van der Waals surface area contributed by atoms with Gasteiger partial charge in [-0.1, -0.05) is 35.5 Å². The molecule has 0 saturated carbocycles. The van der Waals surface area contributed by atoms with Crippen LogP contribution in [0.1, 0.15) is 11.5 Å². The van der Waals surface area contributed by atoms with Gasteiger partial charge in [0.2, 0.25) is 5.91 Å². The van der Waals surface area contributed by atoms with Crippen LogP contribution in [-0.2, 0) is 11.4 Å². The Balaban J connectivity index is 1.45. The number of hydrogen-bond acceptors (Lipinski definition) is 6. The molecule has 134 valence electrons. The molecule has 1 N–H and O–H groups in total. The highest BCUT2D eigenvalue weighted by Gasteiger charge is 2.10. The minimum Gasteiger partial charge on any atom is -0.484 e. The minimum atomic E-state index is -0.173. The standard InChI is InChI=1S/C18H16ClN3O3S/c1-12-3-2-4-15(9-12)24-10-17-21-22-18(25-17)26-11-16(23)20-14-7-5-13(19)6-8-14/h2-9H,10-11H2,1H3,(H,20,23). The van der Waals surface area contributed by atoms with Crippen molar-refractivity contribution >= 4 is 35.0 Å². The summed E-state index contributed by atoms with van der Waals surface area (Å²) in [4.78, 5) is 11.9. The number of anilines is 1. The molecule has 3 aromatic rings. The molecular formula is C18H16ClN3O3S. The molecule has 3 rings (SSSR count). The first-order valence-electron chi connectivity index (χ1n) is 7.78. The Kier molecular flexibility index (Phi) is 6.14. The van der Waals surface area contributed by atoms with Crippen LogP contribution in [0.4, 0.5) is 5.69 Å². The maximum atomic E-state index is 11.9. The SMILES string of the molecule is Cc1cccc(OCc2nnc(SCC(=O)Nc3ccc(Cl)cc3)o2)c1. The number of carbonyl (C=O) groups is 1.